The Bertz CT molecular complexity index is 619. The number of hydrogen-bond acceptors (Lipinski definition) is 2. The van der Waals surface area contributed by atoms with Crippen LogP contribution in [0, 0.1) is 5.82 Å². The molecule has 2 rings (SSSR count). The maximum atomic E-state index is 13.8. The molecule has 3 nitrogen and oxygen atoms in total. The predicted molar refractivity (Wildman–Crippen MR) is 106 cm³/mol. The van der Waals surface area contributed by atoms with Crippen LogP contribution < -0.4 is 10.6 Å². The molecular weight excluding hydrogens is 480 g/mol. The monoisotopic (exact) mass is 497 g/mol. The number of aliphatic imine (C=N–C) groups is 1. The van der Waals surface area contributed by atoms with Gasteiger partial charge < -0.3 is 10.6 Å². The van der Waals surface area contributed by atoms with Gasteiger partial charge in [-0.1, -0.05) is 28.1 Å². The molecule has 120 valence electrons. The summed E-state index contributed by atoms with van der Waals surface area (Å²) in [4.78, 5) is 5.40. The second-order valence-corrected chi connectivity index (χ2v) is 6.44. The first kappa shape index (κ1) is 19.4. The number of rotatable bonds is 4. The van der Waals surface area contributed by atoms with Gasteiger partial charge in [0.25, 0.3) is 0 Å². The van der Waals surface area contributed by atoms with Gasteiger partial charge in [-0.2, -0.15) is 0 Å². The molecule has 0 aliphatic heterocycles. The Kier molecular flexibility index (Phi) is 8.34. The lowest BCUT2D eigenvalue weighted by Crippen LogP contribution is -2.38. The molecule has 0 radical (unpaired) electrons. The molecule has 0 aliphatic carbocycles. The van der Waals surface area contributed by atoms with Crippen molar-refractivity contribution in [2.75, 3.05) is 7.05 Å². The summed E-state index contributed by atoms with van der Waals surface area (Å²) in [7, 11) is 1.70. The Morgan fingerprint density at radius 3 is 2.77 bits per heavy atom. The molecule has 0 fully saturated rings. The number of thiophene rings is 1. The summed E-state index contributed by atoms with van der Waals surface area (Å²) >= 11 is 4.94. The van der Waals surface area contributed by atoms with Crippen LogP contribution in [0.4, 0.5) is 4.39 Å². The molecule has 22 heavy (non-hydrogen) atoms. The summed E-state index contributed by atoms with van der Waals surface area (Å²) in [6, 6.07) is 9.29. The molecule has 1 aromatic heterocycles. The Labute approximate surface area is 159 Å². The SMILES string of the molecule is CN=C(NCc1ccc(Br)cc1F)NC(C)c1cccs1.I. The molecule has 2 aromatic rings. The summed E-state index contributed by atoms with van der Waals surface area (Å²) in [5.74, 6) is 0.414. The standard InChI is InChI=1S/C15H17BrFN3S.HI/c1-10(14-4-3-7-21-14)20-15(18-2)19-9-11-5-6-12(16)8-13(11)17;/h3-8,10H,9H2,1-2H3,(H2,18,19,20);1H. The second kappa shape index (κ2) is 9.46. The van der Waals surface area contributed by atoms with E-state index >= 15 is 0 Å². The number of benzene rings is 1. The lowest BCUT2D eigenvalue weighted by Gasteiger charge is -2.17. The lowest BCUT2D eigenvalue weighted by molar-refractivity contribution is 0.602. The second-order valence-electron chi connectivity index (χ2n) is 4.54. The van der Waals surface area contributed by atoms with E-state index < -0.39 is 0 Å². The van der Waals surface area contributed by atoms with E-state index in [1.165, 1.54) is 10.9 Å². The van der Waals surface area contributed by atoms with E-state index in [-0.39, 0.29) is 35.8 Å². The van der Waals surface area contributed by atoms with Crippen molar-refractivity contribution in [3.05, 3.63) is 56.4 Å². The normalized spacial score (nSPS) is 12.5. The number of guanidine groups is 1. The third-order valence-corrected chi connectivity index (χ3v) is 4.56. The third-order valence-electron chi connectivity index (χ3n) is 3.01. The minimum atomic E-state index is -0.237. The van der Waals surface area contributed by atoms with Crippen LogP contribution in [0.3, 0.4) is 0 Å². The van der Waals surface area contributed by atoms with Crippen molar-refractivity contribution in [3.63, 3.8) is 0 Å². The van der Waals surface area contributed by atoms with Crippen LogP contribution >= 0.6 is 51.2 Å². The van der Waals surface area contributed by atoms with Gasteiger partial charge in [-0.05, 0) is 30.5 Å². The molecule has 1 aromatic carbocycles. The zero-order chi connectivity index (χ0) is 15.2. The van der Waals surface area contributed by atoms with E-state index in [1.54, 1.807) is 24.5 Å². The Morgan fingerprint density at radius 1 is 1.41 bits per heavy atom. The van der Waals surface area contributed by atoms with Crippen LogP contribution in [0.1, 0.15) is 23.4 Å². The summed E-state index contributed by atoms with van der Waals surface area (Å²) in [6.07, 6.45) is 0. The van der Waals surface area contributed by atoms with Crippen LogP contribution in [0.2, 0.25) is 0 Å². The average Bonchev–Trinajstić information content (AvgIpc) is 2.99. The van der Waals surface area contributed by atoms with Crippen LogP contribution in [0.25, 0.3) is 0 Å². The summed E-state index contributed by atoms with van der Waals surface area (Å²) < 4.78 is 14.5. The molecule has 0 bridgehead atoms. The van der Waals surface area contributed by atoms with E-state index in [9.17, 15) is 4.39 Å². The zero-order valence-electron chi connectivity index (χ0n) is 12.3. The van der Waals surface area contributed by atoms with Gasteiger partial charge in [0, 0.05) is 28.5 Å². The number of hydrogen-bond donors (Lipinski definition) is 2. The smallest absolute Gasteiger partial charge is 0.191 e. The van der Waals surface area contributed by atoms with Crippen molar-refractivity contribution >= 4 is 57.2 Å². The maximum absolute atomic E-state index is 13.8. The third kappa shape index (κ3) is 5.51. The highest BCUT2D eigenvalue weighted by atomic mass is 127. The Hall–Kier alpha value is -0.670. The molecule has 0 saturated carbocycles. The Morgan fingerprint density at radius 2 is 2.18 bits per heavy atom. The fourth-order valence-electron chi connectivity index (χ4n) is 1.85. The highest BCUT2D eigenvalue weighted by molar-refractivity contribution is 14.0. The fourth-order valence-corrected chi connectivity index (χ4v) is 2.92. The zero-order valence-corrected chi connectivity index (χ0v) is 17.0. The van der Waals surface area contributed by atoms with Crippen LogP contribution in [0.15, 0.2) is 45.2 Å². The van der Waals surface area contributed by atoms with Gasteiger partial charge in [0.1, 0.15) is 5.82 Å². The molecule has 0 saturated heterocycles. The van der Waals surface area contributed by atoms with Gasteiger partial charge in [-0.15, -0.1) is 35.3 Å². The van der Waals surface area contributed by atoms with E-state index in [2.05, 4.69) is 44.5 Å². The van der Waals surface area contributed by atoms with Gasteiger partial charge >= 0.3 is 0 Å². The van der Waals surface area contributed by atoms with Crippen molar-refractivity contribution in [1.29, 1.82) is 0 Å². The number of nitrogens with zero attached hydrogens (tertiary/aromatic N) is 1. The summed E-state index contributed by atoms with van der Waals surface area (Å²) in [5.41, 5.74) is 0.602. The van der Waals surface area contributed by atoms with Crippen molar-refractivity contribution in [2.24, 2.45) is 4.99 Å². The van der Waals surface area contributed by atoms with Crippen LogP contribution in [-0.4, -0.2) is 13.0 Å². The molecule has 2 N–H and O–H groups in total. The highest BCUT2D eigenvalue weighted by Gasteiger charge is 2.09. The van der Waals surface area contributed by atoms with E-state index in [4.69, 9.17) is 0 Å². The van der Waals surface area contributed by atoms with Gasteiger partial charge in [0.2, 0.25) is 0 Å². The molecule has 0 aliphatic rings. The number of nitrogens with one attached hydrogen (secondary N) is 2. The van der Waals surface area contributed by atoms with Crippen LogP contribution in [-0.2, 0) is 6.54 Å². The first-order chi connectivity index (χ1) is 10.1. The van der Waals surface area contributed by atoms with Crippen molar-refractivity contribution in [1.82, 2.24) is 10.6 Å². The first-order valence-corrected chi connectivity index (χ1v) is 8.22. The lowest BCUT2D eigenvalue weighted by atomic mass is 10.2. The minimum Gasteiger partial charge on any atom is -0.352 e. The van der Waals surface area contributed by atoms with Gasteiger partial charge in [-0.3, -0.25) is 4.99 Å². The van der Waals surface area contributed by atoms with Crippen LogP contribution in [0.5, 0.6) is 0 Å². The predicted octanol–water partition coefficient (Wildman–Crippen LogP) is 4.69. The molecule has 1 atom stereocenters. The average molecular weight is 498 g/mol. The van der Waals surface area contributed by atoms with E-state index in [0.717, 1.165) is 4.47 Å². The van der Waals surface area contributed by atoms with Crippen molar-refractivity contribution in [2.45, 2.75) is 19.5 Å². The fraction of sp³-hybridized carbons (Fsp3) is 0.267. The number of halogens is 3. The first-order valence-electron chi connectivity index (χ1n) is 6.54. The molecular formula is C15H18BrFIN3S. The summed E-state index contributed by atoms with van der Waals surface area (Å²) in [5, 5.41) is 8.46. The van der Waals surface area contributed by atoms with E-state index in [1.807, 2.05) is 17.5 Å². The topological polar surface area (TPSA) is 36.4 Å². The summed E-state index contributed by atoms with van der Waals surface area (Å²) in [6.45, 7) is 2.45. The quantitative estimate of drug-likeness (QED) is 0.365. The molecule has 0 spiro atoms. The Balaban J connectivity index is 0.00000242. The van der Waals surface area contributed by atoms with E-state index in [0.29, 0.717) is 18.1 Å². The molecule has 0 amide bonds. The molecule has 1 unspecified atom stereocenters. The van der Waals surface area contributed by atoms with Gasteiger partial charge in [-0.25, -0.2) is 4.39 Å². The van der Waals surface area contributed by atoms with Crippen molar-refractivity contribution < 1.29 is 4.39 Å². The maximum Gasteiger partial charge on any atom is 0.191 e. The van der Waals surface area contributed by atoms with Gasteiger partial charge in [0.15, 0.2) is 5.96 Å². The molecule has 7 heteroatoms. The van der Waals surface area contributed by atoms with Gasteiger partial charge in [0.05, 0.1) is 6.04 Å². The molecule has 1 heterocycles. The highest BCUT2D eigenvalue weighted by Crippen LogP contribution is 2.18. The largest absolute Gasteiger partial charge is 0.352 e. The van der Waals surface area contributed by atoms with Crippen molar-refractivity contribution in [3.8, 4) is 0 Å². The minimum absolute atomic E-state index is 0.